The molecule has 1 aromatic carbocycles. The van der Waals surface area contributed by atoms with E-state index in [1.807, 2.05) is 0 Å². The average Bonchev–Trinajstić information content (AvgIpc) is 3.09. The summed E-state index contributed by atoms with van der Waals surface area (Å²) in [7, 11) is 0. The second-order valence-corrected chi connectivity index (χ2v) is 6.86. The molecule has 0 radical (unpaired) electrons. The molecule has 2 heterocycles. The highest BCUT2D eigenvalue weighted by Gasteiger charge is 2.19. The summed E-state index contributed by atoms with van der Waals surface area (Å²) in [4.78, 5) is 16.3. The monoisotopic (exact) mass is 375 g/mol. The molecule has 0 saturated heterocycles. The predicted octanol–water partition coefficient (Wildman–Crippen LogP) is 4.38. The van der Waals surface area contributed by atoms with Crippen LogP contribution >= 0.6 is 23.2 Å². The summed E-state index contributed by atoms with van der Waals surface area (Å²) in [5.41, 5.74) is 0.973. The molecule has 4 rings (SSSR count). The molecule has 1 saturated carbocycles. The Balaban J connectivity index is 1.84. The Labute approximate surface area is 154 Å². The van der Waals surface area contributed by atoms with Crippen LogP contribution in [0.2, 0.25) is 10.0 Å². The number of aromatic nitrogens is 3. The highest BCUT2D eigenvalue weighted by Crippen LogP contribution is 2.34. The smallest absolute Gasteiger partial charge is 0.281 e. The van der Waals surface area contributed by atoms with Gasteiger partial charge in [-0.3, -0.25) is 4.79 Å². The van der Waals surface area contributed by atoms with Crippen molar-refractivity contribution in [3.8, 4) is 17.0 Å². The van der Waals surface area contributed by atoms with Gasteiger partial charge in [0.2, 0.25) is 5.88 Å². The van der Waals surface area contributed by atoms with Gasteiger partial charge in [0.05, 0.1) is 21.1 Å². The fraction of sp³-hybridized carbons (Fsp3) is 0.278. The molecule has 3 aromatic rings. The Morgan fingerprint density at radius 1 is 1.04 bits per heavy atom. The van der Waals surface area contributed by atoms with Crippen LogP contribution in [0, 0.1) is 0 Å². The second-order valence-electron chi connectivity index (χ2n) is 6.05. The summed E-state index contributed by atoms with van der Waals surface area (Å²) < 4.78 is 7.45. The van der Waals surface area contributed by atoms with Gasteiger partial charge in [-0.2, -0.15) is 4.98 Å². The van der Waals surface area contributed by atoms with Gasteiger partial charge in [-0.1, -0.05) is 29.3 Å². The van der Waals surface area contributed by atoms with Crippen molar-refractivity contribution in [2.45, 2.75) is 31.8 Å². The first-order chi connectivity index (χ1) is 12.1. The van der Waals surface area contributed by atoms with Crippen LogP contribution in [0.4, 0.5) is 0 Å². The van der Waals surface area contributed by atoms with E-state index in [-0.39, 0.29) is 6.10 Å². The predicted molar refractivity (Wildman–Crippen MR) is 97.6 cm³/mol. The normalized spacial score (nSPS) is 15.0. The Bertz CT molecular complexity index is 977. The number of rotatable bonds is 3. The minimum Gasteiger partial charge on any atom is -0.473 e. The van der Waals surface area contributed by atoms with E-state index in [4.69, 9.17) is 27.9 Å². The van der Waals surface area contributed by atoms with E-state index in [1.54, 1.807) is 30.3 Å². The molecule has 1 aliphatic rings. The third-order valence-electron chi connectivity index (χ3n) is 4.39. The number of nitrogens with zero attached hydrogens (tertiary/aromatic N) is 3. The SMILES string of the molecule is O=c1ncn2nc(OC3CCCC3)ccc2c1-c1c(Cl)cccc1Cl. The molecule has 0 unspecified atom stereocenters. The lowest BCUT2D eigenvalue weighted by Gasteiger charge is -2.14. The van der Waals surface area contributed by atoms with Gasteiger partial charge in [0.15, 0.2) is 0 Å². The molecule has 5 nitrogen and oxygen atoms in total. The zero-order valence-electron chi connectivity index (χ0n) is 13.3. The molecule has 0 spiro atoms. The summed E-state index contributed by atoms with van der Waals surface area (Å²) >= 11 is 12.6. The highest BCUT2D eigenvalue weighted by atomic mass is 35.5. The van der Waals surface area contributed by atoms with E-state index < -0.39 is 5.56 Å². The van der Waals surface area contributed by atoms with Gasteiger partial charge in [-0.05, 0) is 43.9 Å². The van der Waals surface area contributed by atoms with E-state index >= 15 is 0 Å². The Morgan fingerprint density at radius 3 is 2.48 bits per heavy atom. The lowest BCUT2D eigenvalue weighted by Crippen LogP contribution is -2.16. The van der Waals surface area contributed by atoms with Gasteiger partial charge in [0.25, 0.3) is 5.56 Å². The molecular formula is C18H15Cl2N3O2. The maximum Gasteiger partial charge on any atom is 0.281 e. The molecule has 0 aliphatic heterocycles. The Kier molecular flexibility index (Phi) is 4.36. The van der Waals surface area contributed by atoms with Gasteiger partial charge in [-0.15, -0.1) is 5.10 Å². The molecule has 0 atom stereocenters. The second kappa shape index (κ2) is 6.65. The highest BCUT2D eigenvalue weighted by molar-refractivity contribution is 6.39. The van der Waals surface area contributed by atoms with Crippen molar-refractivity contribution in [3.05, 3.63) is 57.1 Å². The molecule has 128 valence electrons. The van der Waals surface area contributed by atoms with E-state index in [1.165, 1.54) is 23.7 Å². The first-order valence-electron chi connectivity index (χ1n) is 8.13. The molecule has 0 amide bonds. The first kappa shape index (κ1) is 16.4. The van der Waals surface area contributed by atoms with E-state index in [9.17, 15) is 4.79 Å². The van der Waals surface area contributed by atoms with Crippen molar-refractivity contribution in [3.63, 3.8) is 0 Å². The minimum atomic E-state index is -0.402. The third kappa shape index (κ3) is 3.10. The van der Waals surface area contributed by atoms with Crippen LogP contribution in [0.25, 0.3) is 16.6 Å². The lowest BCUT2D eigenvalue weighted by molar-refractivity contribution is 0.198. The number of halogens is 2. The van der Waals surface area contributed by atoms with Gasteiger partial charge >= 0.3 is 0 Å². The summed E-state index contributed by atoms with van der Waals surface area (Å²) in [5, 5.41) is 5.22. The first-order valence-corrected chi connectivity index (χ1v) is 8.89. The summed E-state index contributed by atoms with van der Waals surface area (Å²) in [6.07, 6.45) is 6.04. The third-order valence-corrected chi connectivity index (χ3v) is 5.02. The van der Waals surface area contributed by atoms with Crippen LogP contribution in [0.15, 0.2) is 41.5 Å². The number of fused-ring (bicyclic) bond motifs is 1. The standard InChI is InChI=1S/C18H15Cl2N3O2/c19-12-6-3-7-13(20)16(12)17-14-8-9-15(25-11-4-1-2-5-11)22-23(14)10-21-18(17)24/h3,6-11H,1-2,4-5H2. The van der Waals surface area contributed by atoms with E-state index in [0.717, 1.165) is 12.8 Å². The molecule has 25 heavy (non-hydrogen) atoms. The number of ether oxygens (including phenoxy) is 1. The largest absolute Gasteiger partial charge is 0.473 e. The lowest BCUT2D eigenvalue weighted by atomic mass is 10.1. The van der Waals surface area contributed by atoms with Gasteiger partial charge in [0.1, 0.15) is 12.4 Å². The van der Waals surface area contributed by atoms with Crippen molar-refractivity contribution >= 4 is 28.7 Å². The zero-order chi connectivity index (χ0) is 17.4. The number of hydrogen-bond acceptors (Lipinski definition) is 4. The zero-order valence-corrected chi connectivity index (χ0v) is 14.8. The number of hydrogen-bond donors (Lipinski definition) is 0. The summed E-state index contributed by atoms with van der Waals surface area (Å²) in [5.74, 6) is 0.515. The molecule has 7 heteroatoms. The van der Waals surface area contributed by atoms with Crippen LogP contribution < -0.4 is 10.3 Å². The van der Waals surface area contributed by atoms with Crippen molar-refractivity contribution in [2.24, 2.45) is 0 Å². The molecule has 1 aliphatic carbocycles. The van der Waals surface area contributed by atoms with Crippen LogP contribution in [-0.2, 0) is 0 Å². The minimum absolute atomic E-state index is 0.203. The van der Waals surface area contributed by atoms with Crippen molar-refractivity contribution < 1.29 is 4.74 Å². The molecule has 0 bridgehead atoms. The van der Waals surface area contributed by atoms with Crippen molar-refractivity contribution in [1.82, 2.24) is 14.6 Å². The topological polar surface area (TPSA) is 56.5 Å². The molecular weight excluding hydrogens is 361 g/mol. The maximum atomic E-state index is 12.4. The molecule has 1 fully saturated rings. The maximum absolute atomic E-state index is 12.4. The van der Waals surface area contributed by atoms with Gasteiger partial charge in [-0.25, -0.2) is 4.52 Å². The van der Waals surface area contributed by atoms with Gasteiger partial charge < -0.3 is 4.74 Å². The Morgan fingerprint density at radius 2 is 1.76 bits per heavy atom. The van der Waals surface area contributed by atoms with Crippen molar-refractivity contribution in [2.75, 3.05) is 0 Å². The quantitative estimate of drug-likeness (QED) is 0.681. The van der Waals surface area contributed by atoms with E-state index in [0.29, 0.717) is 32.6 Å². The summed E-state index contributed by atoms with van der Waals surface area (Å²) in [6, 6.07) is 8.67. The van der Waals surface area contributed by atoms with Crippen LogP contribution in [0.3, 0.4) is 0 Å². The fourth-order valence-corrected chi connectivity index (χ4v) is 3.79. The number of benzene rings is 1. The van der Waals surface area contributed by atoms with Gasteiger partial charge in [0, 0.05) is 11.6 Å². The molecule has 0 N–H and O–H groups in total. The fourth-order valence-electron chi connectivity index (χ4n) is 3.20. The average molecular weight is 376 g/mol. The summed E-state index contributed by atoms with van der Waals surface area (Å²) in [6.45, 7) is 0. The van der Waals surface area contributed by atoms with Crippen LogP contribution in [-0.4, -0.2) is 20.7 Å². The van der Waals surface area contributed by atoms with Crippen molar-refractivity contribution in [1.29, 1.82) is 0 Å². The van der Waals surface area contributed by atoms with Crippen LogP contribution in [0.1, 0.15) is 25.7 Å². The Hall–Kier alpha value is -2.11. The molecule has 2 aromatic heterocycles. The van der Waals surface area contributed by atoms with E-state index in [2.05, 4.69) is 10.1 Å². The van der Waals surface area contributed by atoms with Crippen LogP contribution in [0.5, 0.6) is 5.88 Å².